The van der Waals surface area contributed by atoms with Crippen LogP contribution in [0.3, 0.4) is 0 Å². The molecule has 2 aliphatic rings. The van der Waals surface area contributed by atoms with Gasteiger partial charge in [0.15, 0.2) is 0 Å². The topological polar surface area (TPSA) is 95.9 Å². The van der Waals surface area contributed by atoms with Crippen LogP contribution in [0.25, 0.3) is 11.1 Å². The molecule has 1 unspecified atom stereocenters. The van der Waals surface area contributed by atoms with Crippen molar-refractivity contribution in [2.24, 2.45) is 5.92 Å². The van der Waals surface area contributed by atoms with Crippen molar-refractivity contribution in [3.63, 3.8) is 0 Å². The zero-order valence-electron chi connectivity index (χ0n) is 20.6. The molecule has 0 heterocycles. The number of carbonyl (C=O) groups excluding carboxylic acids is 2. The lowest BCUT2D eigenvalue weighted by Gasteiger charge is -2.38. The van der Waals surface area contributed by atoms with E-state index in [0.717, 1.165) is 35.1 Å². The van der Waals surface area contributed by atoms with Crippen LogP contribution in [0.15, 0.2) is 48.5 Å². The fraction of sp³-hybridized carbons (Fsp3) is 0.464. The van der Waals surface area contributed by atoms with Gasteiger partial charge in [-0.1, -0.05) is 61.4 Å². The summed E-state index contributed by atoms with van der Waals surface area (Å²) in [6.45, 7) is 5.87. The summed E-state index contributed by atoms with van der Waals surface area (Å²) in [7, 11) is 0. The first-order valence-electron chi connectivity index (χ1n) is 12.3. The molecular weight excluding hydrogens is 444 g/mol. The maximum atomic E-state index is 13.5. The van der Waals surface area contributed by atoms with Crippen molar-refractivity contribution < 1.29 is 24.2 Å². The van der Waals surface area contributed by atoms with Gasteiger partial charge in [0.2, 0.25) is 5.91 Å². The summed E-state index contributed by atoms with van der Waals surface area (Å²) in [6, 6.07) is 15.5. The Bertz CT molecular complexity index is 1060. The molecule has 0 aliphatic heterocycles. The van der Waals surface area contributed by atoms with Crippen LogP contribution in [-0.2, 0) is 14.3 Å². The van der Waals surface area contributed by atoms with Gasteiger partial charge in [-0.05, 0) is 55.4 Å². The first-order chi connectivity index (χ1) is 16.6. The summed E-state index contributed by atoms with van der Waals surface area (Å²) in [5, 5.41) is 11.9. The standard InChI is InChI=1S/C28H34N2O5/c1-28(2,3)30(15-14-25(31)32)26(33)24(16-18-12-13-18)29-27(34)35-17-23-21-10-6-4-8-19(21)20-9-5-7-11-22(20)23/h4-11,18,23-24H,12-17H2,1-3H3,(H,29,34)(H,31,32). The van der Waals surface area contributed by atoms with Gasteiger partial charge in [-0.25, -0.2) is 4.79 Å². The van der Waals surface area contributed by atoms with Crippen molar-refractivity contribution >= 4 is 18.0 Å². The molecule has 0 aromatic heterocycles. The summed E-state index contributed by atoms with van der Waals surface area (Å²) in [6.07, 6.45) is 1.81. The first-order valence-corrected chi connectivity index (χ1v) is 12.3. The van der Waals surface area contributed by atoms with Crippen LogP contribution < -0.4 is 5.32 Å². The molecule has 2 N–H and O–H groups in total. The van der Waals surface area contributed by atoms with Gasteiger partial charge in [0.1, 0.15) is 12.6 Å². The van der Waals surface area contributed by atoms with Crippen LogP contribution in [0.1, 0.15) is 63.5 Å². The third-order valence-electron chi connectivity index (χ3n) is 6.82. The number of benzene rings is 2. The third kappa shape index (κ3) is 5.84. The molecular formula is C28H34N2O5. The number of ether oxygens (including phenoxy) is 1. The van der Waals surface area contributed by atoms with Crippen LogP contribution in [0, 0.1) is 5.92 Å². The van der Waals surface area contributed by atoms with Crippen molar-refractivity contribution in [1.82, 2.24) is 10.2 Å². The summed E-state index contributed by atoms with van der Waals surface area (Å²) >= 11 is 0. The zero-order chi connectivity index (χ0) is 25.2. The zero-order valence-corrected chi connectivity index (χ0v) is 20.6. The highest BCUT2D eigenvalue weighted by Gasteiger charge is 2.37. The average molecular weight is 479 g/mol. The number of nitrogens with zero attached hydrogens (tertiary/aromatic N) is 1. The van der Waals surface area contributed by atoms with E-state index in [2.05, 4.69) is 29.6 Å². The Balaban J connectivity index is 1.45. The van der Waals surface area contributed by atoms with Gasteiger partial charge in [-0.15, -0.1) is 0 Å². The molecule has 2 aliphatic carbocycles. The molecule has 1 atom stereocenters. The highest BCUT2D eigenvalue weighted by Crippen LogP contribution is 2.44. The predicted octanol–water partition coefficient (Wildman–Crippen LogP) is 4.80. The number of aliphatic carboxylic acids is 1. The highest BCUT2D eigenvalue weighted by atomic mass is 16.5. The minimum absolute atomic E-state index is 0.0626. The predicted molar refractivity (Wildman–Crippen MR) is 133 cm³/mol. The van der Waals surface area contributed by atoms with Crippen LogP contribution >= 0.6 is 0 Å². The second kappa shape index (κ2) is 10.1. The number of fused-ring (bicyclic) bond motifs is 3. The fourth-order valence-corrected chi connectivity index (χ4v) is 4.86. The van der Waals surface area contributed by atoms with Gasteiger partial charge in [0.05, 0.1) is 6.42 Å². The summed E-state index contributed by atoms with van der Waals surface area (Å²) in [5.74, 6) is -0.902. The van der Waals surface area contributed by atoms with E-state index in [-0.39, 0.29) is 31.4 Å². The number of nitrogens with one attached hydrogen (secondary N) is 1. The number of carboxylic acids is 1. The van der Waals surface area contributed by atoms with Crippen LogP contribution in [-0.4, -0.2) is 52.7 Å². The molecule has 0 spiro atoms. The minimum atomic E-state index is -0.963. The van der Waals surface area contributed by atoms with Crippen LogP contribution in [0.4, 0.5) is 4.79 Å². The number of carbonyl (C=O) groups is 3. The Morgan fingerprint density at radius 3 is 2.11 bits per heavy atom. The van der Waals surface area contributed by atoms with Crippen molar-refractivity contribution in [2.75, 3.05) is 13.2 Å². The smallest absolute Gasteiger partial charge is 0.407 e. The molecule has 2 aromatic carbocycles. The SMILES string of the molecule is CC(C)(C)N(CCC(=O)O)C(=O)C(CC1CC1)NC(=O)OCC1c2ccccc2-c2ccccc21. The number of carboxylic acid groups (broad SMARTS) is 1. The van der Waals surface area contributed by atoms with E-state index in [1.54, 1.807) is 4.90 Å². The quantitative estimate of drug-likeness (QED) is 0.540. The summed E-state index contributed by atoms with van der Waals surface area (Å²) in [4.78, 5) is 39.0. The molecule has 0 radical (unpaired) electrons. The van der Waals surface area contributed by atoms with Crippen LogP contribution in [0.5, 0.6) is 0 Å². The normalized spacial score (nSPS) is 15.6. The van der Waals surface area contributed by atoms with E-state index in [4.69, 9.17) is 9.84 Å². The van der Waals surface area contributed by atoms with Crippen molar-refractivity contribution in [1.29, 1.82) is 0 Å². The number of hydrogen-bond donors (Lipinski definition) is 2. The van der Waals surface area contributed by atoms with E-state index in [0.29, 0.717) is 12.3 Å². The number of amides is 2. The lowest BCUT2D eigenvalue weighted by molar-refractivity contribution is -0.142. The largest absolute Gasteiger partial charge is 0.481 e. The van der Waals surface area contributed by atoms with Gasteiger partial charge in [0, 0.05) is 18.0 Å². The molecule has 186 valence electrons. The monoisotopic (exact) mass is 478 g/mol. The minimum Gasteiger partial charge on any atom is -0.481 e. The maximum Gasteiger partial charge on any atom is 0.407 e. The number of alkyl carbamates (subject to hydrolysis) is 1. The molecule has 7 heteroatoms. The van der Waals surface area contributed by atoms with Gasteiger partial charge >= 0.3 is 12.1 Å². The Hall–Kier alpha value is -3.35. The molecule has 1 fully saturated rings. The van der Waals surface area contributed by atoms with Crippen molar-refractivity contribution in [2.45, 2.75) is 64.0 Å². The highest BCUT2D eigenvalue weighted by molar-refractivity contribution is 5.86. The molecule has 2 aromatic rings. The van der Waals surface area contributed by atoms with E-state index < -0.39 is 23.6 Å². The molecule has 7 nitrogen and oxygen atoms in total. The number of hydrogen-bond acceptors (Lipinski definition) is 4. The third-order valence-corrected chi connectivity index (χ3v) is 6.82. The molecule has 35 heavy (non-hydrogen) atoms. The van der Waals surface area contributed by atoms with Gasteiger partial charge in [-0.2, -0.15) is 0 Å². The van der Waals surface area contributed by atoms with Gasteiger partial charge in [-0.3, -0.25) is 9.59 Å². The van der Waals surface area contributed by atoms with Crippen LogP contribution in [0.2, 0.25) is 0 Å². The summed E-state index contributed by atoms with van der Waals surface area (Å²) < 4.78 is 5.67. The lowest BCUT2D eigenvalue weighted by atomic mass is 9.98. The Labute approximate surface area is 206 Å². The van der Waals surface area contributed by atoms with Crippen molar-refractivity contribution in [3.05, 3.63) is 59.7 Å². The number of rotatable bonds is 9. The second-order valence-corrected chi connectivity index (χ2v) is 10.5. The second-order valence-electron chi connectivity index (χ2n) is 10.5. The lowest BCUT2D eigenvalue weighted by Crippen LogP contribution is -2.55. The van der Waals surface area contributed by atoms with Gasteiger partial charge < -0.3 is 20.1 Å². The Kier molecular flexibility index (Phi) is 7.15. The molecule has 0 bridgehead atoms. The molecule has 1 saturated carbocycles. The first kappa shape index (κ1) is 24.8. The molecule has 2 amide bonds. The van der Waals surface area contributed by atoms with E-state index >= 15 is 0 Å². The summed E-state index contributed by atoms with van der Waals surface area (Å²) in [5.41, 5.74) is 3.98. The molecule has 4 rings (SSSR count). The molecule has 0 saturated heterocycles. The average Bonchev–Trinajstić information content (AvgIpc) is 3.56. The fourth-order valence-electron chi connectivity index (χ4n) is 4.86. The Morgan fingerprint density at radius 1 is 1.03 bits per heavy atom. The van der Waals surface area contributed by atoms with E-state index in [1.165, 1.54) is 0 Å². The maximum absolute atomic E-state index is 13.5. The van der Waals surface area contributed by atoms with E-state index in [1.807, 2.05) is 45.0 Å². The Morgan fingerprint density at radius 2 is 1.60 bits per heavy atom. The van der Waals surface area contributed by atoms with Gasteiger partial charge in [0.25, 0.3) is 0 Å². The van der Waals surface area contributed by atoms with E-state index in [9.17, 15) is 14.4 Å². The van der Waals surface area contributed by atoms with Crippen molar-refractivity contribution in [3.8, 4) is 11.1 Å².